The average molecular weight is 636 g/mol. The minimum atomic E-state index is -1.51. The number of aromatic nitrogens is 2. The molecule has 0 fully saturated rings. The Hall–Kier alpha value is -4.95. The van der Waals surface area contributed by atoms with Gasteiger partial charge < -0.3 is 29.3 Å². The molecule has 4 bridgehead atoms. The minimum Gasteiger partial charge on any atom is -0.469 e. The summed E-state index contributed by atoms with van der Waals surface area (Å²) in [6.07, 6.45) is 1.27. The standard InChI is InChI=1S/C36H37N5O6/c1-6-35(44,7-2)26(42)16-20-14-19-12-13-25-23(15-19)36(22-10-8-9-11-24(22)39-33(36)46-25)29-27(31-38-21(17-37)18-45-31)40-32(47-29)28(34(3,4)5)41-30(20)43/h8-13,15,18,20,28,33,39,44H,6-7,14,16H2,1-5H3,(H,41,43)/t20-,28-,33+,36?/m1/s1. The maximum absolute atomic E-state index is 14.2. The van der Waals surface area contributed by atoms with E-state index in [1.54, 1.807) is 13.8 Å². The largest absolute Gasteiger partial charge is 0.469 e. The molecular formula is C36H37N5O6. The molecule has 2 aromatic carbocycles. The normalized spacial score (nSPS) is 22.9. The van der Waals surface area contributed by atoms with Gasteiger partial charge in [0.25, 0.3) is 0 Å². The van der Waals surface area contributed by atoms with Crippen LogP contribution in [0.15, 0.2) is 57.6 Å². The number of nitrogens with zero attached hydrogens (tertiary/aromatic N) is 3. The first-order valence-corrected chi connectivity index (χ1v) is 16.0. The summed E-state index contributed by atoms with van der Waals surface area (Å²) in [5.74, 6) is -0.143. The highest BCUT2D eigenvalue weighted by atomic mass is 16.5. The average Bonchev–Trinajstić information content (AvgIpc) is 3.82. The molecule has 7 rings (SSSR count). The second-order valence-corrected chi connectivity index (χ2v) is 13.8. The number of nitrogens with one attached hydrogen (secondary N) is 2. The molecule has 4 atom stereocenters. The molecule has 1 unspecified atom stereocenters. The van der Waals surface area contributed by atoms with Crippen molar-refractivity contribution in [3.05, 3.63) is 82.8 Å². The van der Waals surface area contributed by atoms with Crippen LogP contribution in [-0.2, 0) is 21.4 Å². The number of Topliss-reactive ketones (excluding diaryl/α,β-unsaturated/α-hetero) is 1. The maximum Gasteiger partial charge on any atom is 0.250 e. The van der Waals surface area contributed by atoms with E-state index >= 15 is 0 Å². The summed E-state index contributed by atoms with van der Waals surface area (Å²) in [5.41, 5.74) is 0.590. The number of fused-ring (bicyclic) bond motifs is 4. The predicted octanol–water partition coefficient (Wildman–Crippen LogP) is 5.57. The summed E-state index contributed by atoms with van der Waals surface area (Å²) in [7, 11) is 0. The summed E-state index contributed by atoms with van der Waals surface area (Å²) >= 11 is 0. The molecule has 2 aromatic heterocycles. The molecule has 1 spiro atoms. The van der Waals surface area contributed by atoms with Crippen LogP contribution in [0.4, 0.5) is 5.69 Å². The maximum atomic E-state index is 14.2. The van der Waals surface area contributed by atoms with E-state index in [0.29, 0.717) is 11.5 Å². The number of nitriles is 1. The fourth-order valence-corrected chi connectivity index (χ4v) is 7.17. The van der Waals surface area contributed by atoms with Crippen LogP contribution in [0.3, 0.4) is 0 Å². The van der Waals surface area contributed by atoms with Crippen molar-refractivity contribution in [1.29, 1.82) is 5.26 Å². The van der Waals surface area contributed by atoms with Gasteiger partial charge in [-0.1, -0.05) is 65.0 Å². The molecule has 0 saturated carbocycles. The zero-order valence-electron chi connectivity index (χ0n) is 27.0. The van der Waals surface area contributed by atoms with Crippen LogP contribution in [0.2, 0.25) is 0 Å². The molecule has 1 amide bonds. The molecule has 3 N–H and O–H groups in total. The van der Waals surface area contributed by atoms with Crippen molar-refractivity contribution in [2.24, 2.45) is 11.3 Å². The van der Waals surface area contributed by atoms with Gasteiger partial charge in [-0.05, 0) is 47.9 Å². The van der Waals surface area contributed by atoms with Crippen LogP contribution in [0, 0.1) is 22.7 Å². The number of ether oxygens (including phenoxy) is 1. The highest BCUT2D eigenvalue weighted by Crippen LogP contribution is 2.59. The van der Waals surface area contributed by atoms with Gasteiger partial charge in [0.1, 0.15) is 35.1 Å². The first-order chi connectivity index (χ1) is 22.4. The van der Waals surface area contributed by atoms with E-state index in [2.05, 4.69) is 15.6 Å². The third kappa shape index (κ3) is 4.65. The van der Waals surface area contributed by atoms with Gasteiger partial charge in [0, 0.05) is 23.6 Å². The van der Waals surface area contributed by atoms with Crippen molar-refractivity contribution in [3.63, 3.8) is 0 Å². The van der Waals surface area contributed by atoms with Gasteiger partial charge in [0.15, 0.2) is 29.2 Å². The van der Waals surface area contributed by atoms with Gasteiger partial charge >= 0.3 is 0 Å². The van der Waals surface area contributed by atoms with Crippen molar-refractivity contribution in [2.75, 3.05) is 5.32 Å². The Labute approximate surface area is 272 Å². The number of carbonyl (C=O) groups is 2. The van der Waals surface area contributed by atoms with Crippen molar-refractivity contribution in [2.45, 2.75) is 83.6 Å². The second-order valence-electron chi connectivity index (χ2n) is 13.8. The number of ketones is 1. The lowest BCUT2D eigenvalue weighted by atomic mass is 9.72. The lowest BCUT2D eigenvalue weighted by Crippen LogP contribution is -2.44. The fraction of sp³-hybridized carbons (Fsp3) is 0.417. The molecule has 11 heteroatoms. The number of aliphatic hydroxyl groups is 1. The molecule has 47 heavy (non-hydrogen) atoms. The van der Waals surface area contributed by atoms with Crippen LogP contribution in [-0.4, -0.2) is 38.6 Å². The highest BCUT2D eigenvalue weighted by Gasteiger charge is 2.61. The molecule has 0 aliphatic carbocycles. The van der Waals surface area contributed by atoms with E-state index in [9.17, 15) is 20.0 Å². The number of para-hydroxylation sites is 1. The quantitative estimate of drug-likeness (QED) is 0.244. The van der Waals surface area contributed by atoms with Crippen molar-refractivity contribution < 1.29 is 28.3 Å². The predicted molar refractivity (Wildman–Crippen MR) is 170 cm³/mol. The van der Waals surface area contributed by atoms with Crippen LogP contribution in [0.1, 0.15) is 94.0 Å². The number of anilines is 1. The lowest BCUT2D eigenvalue weighted by molar-refractivity contribution is -0.142. The van der Waals surface area contributed by atoms with Crippen molar-refractivity contribution in [3.8, 4) is 23.4 Å². The van der Waals surface area contributed by atoms with E-state index in [1.165, 1.54) is 6.26 Å². The van der Waals surface area contributed by atoms with Gasteiger partial charge in [-0.3, -0.25) is 9.59 Å². The van der Waals surface area contributed by atoms with Crippen molar-refractivity contribution >= 4 is 17.4 Å². The number of hydrogen-bond acceptors (Lipinski definition) is 10. The van der Waals surface area contributed by atoms with E-state index in [-0.39, 0.29) is 60.5 Å². The number of carbonyl (C=O) groups excluding carboxylic acids is 2. The Balaban J connectivity index is 1.50. The summed E-state index contributed by atoms with van der Waals surface area (Å²) in [4.78, 5) is 37.1. The number of amides is 1. The lowest BCUT2D eigenvalue weighted by Gasteiger charge is -2.32. The third-order valence-corrected chi connectivity index (χ3v) is 9.94. The first-order valence-electron chi connectivity index (χ1n) is 16.0. The van der Waals surface area contributed by atoms with E-state index in [4.69, 9.17) is 18.6 Å². The smallest absolute Gasteiger partial charge is 0.250 e. The monoisotopic (exact) mass is 635 g/mol. The Morgan fingerprint density at radius 1 is 1.11 bits per heavy atom. The van der Waals surface area contributed by atoms with E-state index in [0.717, 1.165) is 22.4 Å². The number of benzene rings is 2. The third-order valence-electron chi connectivity index (χ3n) is 9.94. The van der Waals surface area contributed by atoms with Crippen LogP contribution in [0.25, 0.3) is 11.6 Å². The fourth-order valence-electron chi connectivity index (χ4n) is 7.17. The molecule has 3 aliphatic heterocycles. The van der Waals surface area contributed by atoms with Gasteiger partial charge in [0.05, 0.1) is 0 Å². The summed E-state index contributed by atoms with van der Waals surface area (Å²) < 4.78 is 19.2. The van der Waals surface area contributed by atoms with Gasteiger partial charge in [-0.25, -0.2) is 4.98 Å². The highest BCUT2D eigenvalue weighted by molar-refractivity contribution is 5.92. The van der Waals surface area contributed by atoms with E-state index in [1.807, 2.05) is 69.3 Å². The van der Waals surface area contributed by atoms with E-state index < -0.39 is 34.6 Å². The number of hydrogen-bond donors (Lipinski definition) is 3. The number of oxazole rings is 2. The molecular weight excluding hydrogens is 598 g/mol. The summed E-state index contributed by atoms with van der Waals surface area (Å²) in [6, 6.07) is 14.9. The van der Waals surface area contributed by atoms with Gasteiger partial charge in [0.2, 0.25) is 17.7 Å². The topological polar surface area (TPSA) is 164 Å². The van der Waals surface area contributed by atoms with Crippen molar-refractivity contribution in [1.82, 2.24) is 15.3 Å². The zero-order valence-corrected chi connectivity index (χ0v) is 27.0. The number of rotatable bonds is 6. The minimum absolute atomic E-state index is 0.0880. The first kappa shape index (κ1) is 30.7. The van der Waals surface area contributed by atoms with Gasteiger partial charge in [-0.2, -0.15) is 10.2 Å². The van der Waals surface area contributed by atoms with Crippen LogP contribution >= 0.6 is 0 Å². The Morgan fingerprint density at radius 2 is 1.87 bits per heavy atom. The molecule has 242 valence electrons. The molecule has 4 aromatic rings. The molecule has 0 saturated heterocycles. The molecule has 3 aliphatic rings. The zero-order chi connectivity index (χ0) is 33.3. The molecule has 0 radical (unpaired) electrons. The molecule has 5 heterocycles. The Morgan fingerprint density at radius 3 is 2.57 bits per heavy atom. The van der Waals surface area contributed by atoms with Crippen LogP contribution in [0.5, 0.6) is 5.75 Å². The Kier molecular flexibility index (Phi) is 7.06. The SMILES string of the molecule is CCC(O)(CC)C(=O)C[C@H]1Cc2ccc3c(c2)C2(c4ccccc4N[C@H]2O3)c2oc(nc2-c2nc(C#N)co2)[C@H](C(C)(C)C)NC1=O. The van der Waals surface area contributed by atoms with Crippen LogP contribution < -0.4 is 15.4 Å². The van der Waals surface area contributed by atoms with Gasteiger partial charge in [-0.15, -0.1) is 0 Å². The Bertz CT molecular complexity index is 1940. The second kappa shape index (κ2) is 10.8. The molecule has 11 nitrogen and oxygen atoms in total. The summed E-state index contributed by atoms with van der Waals surface area (Å²) in [6.45, 7) is 9.44. The summed E-state index contributed by atoms with van der Waals surface area (Å²) in [5, 5.41) is 27.3.